The van der Waals surface area contributed by atoms with Gasteiger partial charge >= 0.3 is 6.03 Å². The number of hydrogen-bond donors (Lipinski definition) is 2. The SMILES string of the molecule is COc1nc(NC(=O)NS(=O)(=O)C2=CC=CC(c3ccon3)C2=S)ncc1C. The monoisotopic (exact) mass is 421 g/mol. The van der Waals surface area contributed by atoms with Crippen LogP contribution < -0.4 is 14.8 Å². The summed E-state index contributed by atoms with van der Waals surface area (Å²) in [6.45, 7) is 1.72. The molecule has 1 aliphatic carbocycles. The molecule has 3 rings (SSSR count). The zero-order valence-electron chi connectivity index (χ0n) is 14.7. The Hall–Kier alpha value is -3.12. The molecule has 2 heterocycles. The molecule has 146 valence electrons. The molecule has 28 heavy (non-hydrogen) atoms. The van der Waals surface area contributed by atoms with Crippen molar-refractivity contribution in [2.75, 3.05) is 12.4 Å². The topological polar surface area (TPSA) is 136 Å². The van der Waals surface area contributed by atoms with E-state index in [0.717, 1.165) is 0 Å². The Morgan fingerprint density at radius 3 is 2.86 bits per heavy atom. The molecule has 0 saturated carbocycles. The molecule has 0 saturated heterocycles. The molecule has 2 amide bonds. The lowest BCUT2D eigenvalue weighted by Gasteiger charge is -2.18. The number of aryl methyl sites for hydroxylation is 1. The van der Waals surface area contributed by atoms with E-state index < -0.39 is 22.0 Å². The second-order valence-corrected chi connectivity index (χ2v) is 7.72. The summed E-state index contributed by atoms with van der Waals surface area (Å²) in [6, 6.07) is 0.543. The maximum atomic E-state index is 12.6. The summed E-state index contributed by atoms with van der Waals surface area (Å²) in [7, 11) is -2.82. The lowest BCUT2D eigenvalue weighted by molar-refractivity contribution is 0.256. The van der Waals surface area contributed by atoms with Gasteiger partial charge in [-0.1, -0.05) is 29.5 Å². The number of carbonyl (C=O) groups excluding carboxylic acids is 1. The summed E-state index contributed by atoms with van der Waals surface area (Å²) in [5.74, 6) is -0.418. The van der Waals surface area contributed by atoms with E-state index in [-0.39, 0.29) is 21.6 Å². The molecule has 1 unspecified atom stereocenters. The Labute approximate surface area is 165 Å². The van der Waals surface area contributed by atoms with E-state index in [0.29, 0.717) is 11.3 Å². The molecule has 10 nitrogen and oxygen atoms in total. The van der Waals surface area contributed by atoms with Crippen molar-refractivity contribution in [3.63, 3.8) is 0 Å². The van der Waals surface area contributed by atoms with Gasteiger partial charge in [-0.3, -0.25) is 5.32 Å². The first-order valence-electron chi connectivity index (χ1n) is 7.86. The van der Waals surface area contributed by atoms with Crippen LogP contribution in [-0.2, 0) is 10.0 Å². The Kier molecular flexibility index (Phi) is 5.51. The highest BCUT2D eigenvalue weighted by atomic mass is 32.2. The maximum absolute atomic E-state index is 12.6. The van der Waals surface area contributed by atoms with Gasteiger partial charge in [0.2, 0.25) is 11.8 Å². The second kappa shape index (κ2) is 7.86. The number of anilines is 1. The number of aromatic nitrogens is 3. The molecule has 0 bridgehead atoms. The fourth-order valence-corrected chi connectivity index (χ4v) is 4.06. The number of allylic oxidation sites excluding steroid dienone is 4. The standard InChI is InChI=1S/C16H15N5O5S2/c1-9-8-17-15(18-14(9)25-2)19-16(22)21-28(23,24)12-5-3-4-10(13(12)27)11-6-7-26-20-11/h3-8,10H,1-2H3,(H2,17,18,19,21,22). The summed E-state index contributed by atoms with van der Waals surface area (Å²) in [5, 5.41) is 6.03. The molecular formula is C16H15N5O5S2. The molecule has 0 aliphatic heterocycles. The first kappa shape index (κ1) is 19.6. The molecule has 2 aromatic heterocycles. The summed E-state index contributed by atoms with van der Waals surface area (Å²) < 4.78 is 36.9. The molecule has 1 atom stereocenters. The van der Waals surface area contributed by atoms with E-state index >= 15 is 0 Å². The van der Waals surface area contributed by atoms with Crippen LogP contribution in [0.25, 0.3) is 0 Å². The molecule has 0 aromatic carbocycles. The van der Waals surface area contributed by atoms with Gasteiger partial charge in [0.1, 0.15) is 11.2 Å². The zero-order chi connectivity index (χ0) is 20.3. The Morgan fingerprint density at radius 1 is 1.39 bits per heavy atom. The minimum absolute atomic E-state index is 0.0879. The predicted molar refractivity (Wildman–Crippen MR) is 103 cm³/mol. The van der Waals surface area contributed by atoms with E-state index in [4.69, 9.17) is 21.5 Å². The van der Waals surface area contributed by atoms with E-state index in [9.17, 15) is 13.2 Å². The van der Waals surface area contributed by atoms with Gasteiger partial charge in [0.25, 0.3) is 10.0 Å². The largest absolute Gasteiger partial charge is 0.481 e. The fraction of sp³-hybridized carbons (Fsp3) is 0.188. The van der Waals surface area contributed by atoms with E-state index in [1.54, 1.807) is 19.1 Å². The van der Waals surface area contributed by atoms with Crippen molar-refractivity contribution >= 4 is 39.1 Å². The van der Waals surface area contributed by atoms with Crippen LogP contribution in [0.4, 0.5) is 10.7 Å². The van der Waals surface area contributed by atoms with Gasteiger partial charge in [-0.2, -0.15) is 4.98 Å². The van der Waals surface area contributed by atoms with Crippen molar-refractivity contribution in [2.45, 2.75) is 12.8 Å². The number of sulfonamides is 1. The van der Waals surface area contributed by atoms with Crippen molar-refractivity contribution < 1.29 is 22.5 Å². The molecular weight excluding hydrogens is 406 g/mol. The number of hydrogen-bond acceptors (Lipinski definition) is 9. The van der Waals surface area contributed by atoms with Crippen LogP contribution in [-0.4, -0.2) is 41.5 Å². The summed E-state index contributed by atoms with van der Waals surface area (Å²) in [4.78, 5) is 19.9. The molecule has 0 fully saturated rings. The molecule has 1 aliphatic rings. The van der Waals surface area contributed by atoms with Crippen LogP contribution in [0.5, 0.6) is 5.88 Å². The third-order valence-corrected chi connectivity index (χ3v) is 5.71. The van der Waals surface area contributed by atoms with Crippen molar-refractivity contribution in [1.29, 1.82) is 0 Å². The number of rotatable bonds is 5. The van der Waals surface area contributed by atoms with Crippen LogP contribution in [0.15, 0.2) is 46.2 Å². The molecule has 2 aromatic rings. The zero-order valence-corrected chi connectivity index (χ0v) is 16.4. The highest BCUT2D eigenvalue weighted by Crippen LogP contribution is 2.28. The van der Waals surface area contributed by atoms with Crippen LogP contribution in [0.2, 0.25) is 0 Å². The van der Waals surface area contributed by atoms with Crippen LogP contribution in [0, 0.1) is 6.92 Å². The number of nitrogens with one attached hydrogen (secondary N) is 2. The number of urea groups is 1. The summed E-state index contributed by atoms with van der Waals surface area (Å²) in [6.07, 6.45) is 7.31. The summed E-state index contributed by atoms with van der Waals surface area (Å²) >= 11 is 5.28. The minimum Gasteiger partial charge on any atom is -0.481 e. The number of ether oxygens (including phenoxy) is 1. The second-order valence-electron chi connectivity index (χ2n) is 5.63. The smallest absolute Gasteiger partial charge is 0.335 e. The predicted octanol–water partition coefficient (Wildman–Crippen LogP) is 1.84. The molecule has 2 N–H and O–H groups in total. The minimum atomic E-state index is -4.24. The third kappa shape index (κ3) is 4.07. The van der Waals surface area contributed by atoms with E-state index in [2.05, 4.69) is 20.4 Å². The highest BCUT2D eigenvalue weighted by molar-refractivity contribution is 7.97. The van der Waals surface area contributed by atoms with Crippen LogP contribution >= 0.6 is 12.2 Å². The lowest BCUT2D eigenvalue weighted by Crippen LogP contribution is -2.38. The van der Waals surface area contributed by atoms with Crippen molar-refractivity contribution in [2.24, 2.45) is 0 Å². The molecule has 0 radical (unpaired) electrons. The number of carbonyl (C=O) groups is 1. The van der Waals surface area contributed by atoms with Crippen molar-refractivity contribution in [1.82, 2.24) is 19.8 Å². The van der Waals surface area contributed by atoms with E-state index in [1.807, 2.05) is 4.72 Å². The Morgan fingerprint density at radius 2 is 2.18 bits per heavy atom. The maximum Gasteiger partial charge on any atom is 0.335 e. The number of nitrogens with zero attached hydrogens (tertiary/aromatic N) is 3. The third-order valence-electron chi connectivity index (χ3n) is 3.71. The van der Waals surface area contributed by atoms with Gasteiger partial charge in [0.05, 0.1) is 18.7 Å². The number of methoxy groups -OCH3 is 1. The Balaban J connectivity index is 1.74. The van der Waals surface area contributed by atoms with Crippen molar-refractivity contribution in [3.05, 3.63) is 52.9 Å². The normalized spacial score (nSPS) is 16.4. The number of amides is 2. The van der Waals surface area contributed by atoms with Gasteiger partial charge in [-0.05, 0) is 13.0 Å². The van der Waals surface area contributed by atoms with Crippen LogP contribution in [0.3, 0.4) is 0 Å². The lowest BCUT2D eigenvalue weighted by atomic mass is 9.97. The molecule has 0 spiro atoms. The van der Waals surface area contributed by atoms with E-state index in [1.165, 1.54) is 31.7 Å². The summed E-state index contributed by atoms with van der Waals surface area (Å²) in [5.41, 5.74) is 1.12. The number of thiocarbonyl (C=S) groups is 1. The fourth-order valence-electron chi connectivity index (χ4n) is 2.41. The van der Waals surface area contributed by atoms with Crippen molar-refractivity contribution in [3.8, 4) is 5.88 Å². The van der Waals surface area contributed by atoms with Gasteiger partial charge < -0.3 is 9.26 Å². The van der Waals surface area contributed by atoms with Gasteiger partial charge in [0.15, 0.2) is 0 Å². The molecule has 12 heteroatoms. The highest BCUT2D eigenvalue weighted by Gasteiger charge is 2.31. The van der Waals surface area contributed by atoms with Crippen LogP contribution in [0.1, 0.15) is 17.2 Å². The van der Waals surface area contributed by atoms with Gasteiger partial charge in [0, 0.05) is 22.7 Å². The first-order chi connectivity index (χ1) is 13.3. The quantitative estimate of drug-likeness (QED) is 0.693. The first-order valence-corrected chi connectivity index (χ1v) is 9.75. The Bertz CT molecular complexity index is 1080. The average Bonchev–Trinajstić information content (AvgIpc) is 3.17. The average molecular weight is 421 g/mol. The van der Waals surface area contributed by atoms with Gasteiger partial charge in [-0.15, -0.1) is 0 Å². The van der Waals surface area contributed by atoms with Gasteiger partial charge in [-0.25, -0.2) is 22.9 Å².